The van der Waals surface area contributed by atoms with E-state index in [2.05, 4.69) is 0 Å². The Morgan fingerprint density at radius 3 is 2.83 bits per heavy atom. The van der Waals surface area contributed by atoms with Gasteiger partial charge in [-0.05, 0) is 25.0 Å². The Kier molecular flexibility index (Phi) is 3.29. The van der Waals surface area contributed by atoms with Crippen molar-refractivity contribution in [2.24, 2.45) is 0 Å². The van der Waals surface area contributed by atoms with E-state index in [1.54, 1.807) is 13.0 Å². The smallest absolute Gasteiger partial charge is 0.282 e. The summed E-state index contributed by atoms with van der Waals surface area (Å²) in [5.41, 5.74) is 0.699. The summed E-state index contributed by atoms with van der Waals surface area (Å²) in [4.78, 5) is 24.0. The largest absolute Gasteiger partial charge is 0.391 e. The van der Waals surface area contributed by atoms with E-state index in [-0.39, 0.29) is 23.7 Å². The average Bonchev–Trinajstić information content (AvgIpc) is 2.74. The first-order chi connectivity index (χ1) is 8.49. The molecule has 96 valence electrons. The number of carbonyl (C=O) groups is 1. The fraction of sp³-hybridized carbons (Fsp3) is 0.417. The number of amides is 1. The Morgan fingerprint density at radius 1 is 1.56 bits per heavy atom. The van der Waals surface area contributed by atoms with E-state index in [0.717, 1.165) is 5.56 Å². The lowest BCUT2D eigenvalue weighted by Crippen LogP contribution is -2.30. The van der Waals surface area contributed by atoms with Crippen LogP contribution in [-0.4, -0.2) is 40.0 Å². The van der Waals surface area contributed by atoms with Crippen LogP contribution in [-0.2, 0) is 0 Å². The summed E-state index contributed by atoms with van der Waals surface area (Å²) in [5, 5.41) is 20.3. The Labute approximate surface area is 104 Å². The van der Waals surface area contributed by atoms with E-state index in [9.17, 15) is 20.0 Å². The number of likely N-dealkylation sites (tertiary alicyclic amines) is 1. The number of hydrogen-bond acceptors (Lipinski definition) is 4. The third-order valence-corrected chi connectivity index (χ3v) is 3.03. The van der Waals surface area contributed by atoms with Crippen LogP contribution in [0.2, 0.25) is 0 Å². The predicted octanol–water partition coefficient (Wildman–Crippen LogP) is 1.11. The van der Waals surface area contributed by atoms with Crippen molar-refractivity contribution in [2.45, 2.75) is 19.4 Å². The van der Waals surface area contributed by atoms with Crippen molar-refractivity contribution in [1.29, 1.82) is 0 Å². The normalized spacial score (nSPS) is 19.0. The predicted molar refractivity (Wildman–Crippen MR) is 64.4 cm³/mol. The number of β-amino-alcohol motifs (C(OH)–C–C–N with tert-alkyl or cyclic N) is 1. The van der Waals surface area contributed by atoms with Crippen LogP contribution in [0.3, 0.4) is 0 Å². The molecule has 0 unspecified atom stereocenters. The molecule has 1 aliphatic rings. The van der Waals surface area contributed by atoms with E-state index in [1.807, 2.05) is 0 Å². The molecular weight excluding hydrogens is 236 g/mol. The highest BCUT2D eigenvalue weighted by Crippen LogP contribution is 2.23. The molecule has 1 aliphatic heterocycles. The van der Waals surface area contributed by atoms with Gasteiger partial charge in [0.05, 0.1) is 11.0 Å². The molecule has 0 aliphatic carbocycles. The number of hydrogen-bond donors (Lipinski definition) is 1. The minimum absolute atomic E-state index is 0.0918. The Bertz CT molecular complexity index is 501. The van der Waals surface area contributed by atoms with Gasteiger partial charge in [0.15, 0.2) is 0 Å². The van der Waals surface area contributed by atoms with Crippen molar-refractivity contribution in [2.75, 3.05) is 13.1 Å². The number of nitro groups is 1. The van der Waals surface area contributed by atoms with Crippen molar-refractivity contribution in [3.63, 3.8) is 0 Å². The lowest BCUT2D eigenvalue weighted by atomic mass is 10.1. The van der Waals surface area contributed by atoms with Gasteiger partial charge in [0.2, 0.25) is 0 Å². The van der Waals surface area contributed by atoms with E-state index >= 15 is 0 Å². The molecular formula is C12H14N2O4. The molecule has 1 N–H and O–H groups in total. The summed E-state index contributed by atoms with van der Waals surface area (Å²) in [7, 11) is 0. The van der Waals surface area contributed by atoms with Crippen molar-refractivity contribution >= 4 is 11.6 Å². The van der Waals surface area contributed by atoms with E-state index in [0.29, 0.717) is 13.0 Å². The summed E-state index contributed by atoms with van der Waals surface area (Å²) >= 11 is 0. The maximum Gasteiger partial charge on any atom is 0.282 e. The maximum absolute atomic E-state index is 12.2. The molecule has 0 radical (unpaired) electrons. The van der Waals surface area contributed by atoms with Gasteiger partial charge in [-0.25, -0.2) is 0 Å². The van der Waals surface area contributed by atoms with Gasteiger partial charge in [-0.1, -0.05) is 6.07 Å². The van der Waals surface area contributed by atoms with Crippen LogP contribution in [0.1, 0.15) is 22.3 Å². The fourth-order valence-corrected chi connectivity index (χ4v) is 2.08. The topological polar surface area (TPSA) is 83.7 Å². The van der Waals surface area contributed by atoms with Crippen LogP contribution >= 0.6 is 0 Å². The highest BCUT2D eigenvalue weighted by atomic mass is 16.6. The number of nitrogens with zero attached hydrogens (tertiary/aromatic N) is 2. The molecule has 0 bridgehead atoms. The monoisotopic (exact) mass is 250 g/mol. The van der Waals surface area contributed by atoms with Crippen LogP contribution in [0.15, 0.2) is 18.2 Å². The van der Waals surface area contributed by atoms with Gasteiger partial charge in [0.25, 0.3) is 11.6 Å². The first kappa shape index (κ1) is 12.5. The average molecular weight is 250 g/mol. The molecule has 0 aromatic heterocycles. The van der Waals surface area contributed by atoms with Crippen LogP contribution in [0, 0.1) is 17.0 Å². The lowest BCUT2D eigenvalue weighted by molar-refractivity contribution is -0.385. The molecule has 1 aromatic carbocycles. The molecule has 1 saturated heterocycles. The summed E-state index contributed by atoms with van der Waals surface area (Å²) < 4.78 is 0. The first-order valence-corrected chi connectivity index (χ1v) is 5.71. The summed E-state index contributed by atoms with van der Waals surface area (Å²) in [5.74, 6) is -0.387. The van der Waals surface area contributed by atoms with Crippen molar-refractivity contribution in [3.05, 3.63) is 39.4 Å². The number of rotatable bonds is 2. The van der Waals surface area contributed by atoms with Gasteiger partial charge in [-0.15, -0.1) is 0 Å². The molecule has 2 rings (SSSR count). The third-order valence-electron chi connectivity index (χ3n) is 3.03. The molecule has 6 heteroatoms. The number of carbonyl (C=O) groups excluding carboxylic acids is 1. The second kappa shape index (κ2) is 4.73. The molecule has 6 nitrogen and oxygen atoms in total. The van der Waals surface area contributed by atoms with Crippen molar-refractivity contribution in [1.82, 2.24) is 4.90 Å². The highest BCUT2D eigenvalue weighted by Gasteiger charge is 2.29. The number of benzene rings is 1. The second-order valence-corrected chi connectivity index (χ2v) is 4.47. The zero-order valence-electron chi connectivity index (χ0n) is 10.00. The Balaban J connectivity index is 2.34. The van der Waals surface area contributed by atoms with Crippen LogP contribution in [0.25, 0.3) is 0 Å². The molecule has 1 fully saturated rings. The molecule has 1 heterocycles. The molecule has 0 saturated carbocycles. The standard InChI is InChI=1S/C12H14N2O4/c1-8-2-3-11(14(17)18)10(6-8)12(16)13-5-4-9(15)7-13/h2-3,6,9,15H,4-5,7H2,1H3/t9-/m0/s1. The van der Waals surface area contributed by atoms with Crippen LogP contribution in [0.5, 0.6) is 0 Å². The maximum atomic E-state index is 12.2. The van der Waals surface area contributed by atoms with Crippen LogP contribution in [0.4, 0.5) is 5.69 Å². The molecule has 18 heavy (non-hydrogen) atoms. The van der Waals surface area contributed by atoms with Gasteiger partial charge in [-0.3, -0.25) is 14.9 Å². The second-order valence-electron chi connectivity index (χ2n) is 4.47. The van der Waals surface area contributed by atoms with E-state index in [1.165, 1.54) is 17.0 Å². The highest BCUT2D eigenvalue weighted by molar-refractivity contribution is 5.98. The van der Waals surface area contributed by atoms with Gasteiger partial charge < -0.3 is 10.0 Å². The summed E-state index contributed by atoms with van der Waals surface area (Å²) in [6.07, 6.45) is -0.0106. The van der Waals surface area contributed by atoms with Gasteiger partial charge >= 0.3 is 0 Å². The van der Waals surface area contributed by atoms with Crippen molar-refractivity contribution in [3.8, 4) is 0 Å². The molecule has 1 aromatic rings. The fourth-order valence-electron chi connectivity index (χ4n) is 2.08. The molecule has 1 atom stereocenters. The van der Waals surface area contributed by atoms with Crippen molar-refractivity contribution < 1.29 is 14.8 Å². The quantitative estimate of drug-likeness (QED) is 0.629. The number of aliphatic hydroxyl groups excluding tert-OH is 1. The minimum Gasteiger partial charge on any atom is -0.391 e. The zero-order chi connectivity index (χ0) is 13.3. The Morgan fingerprint density at radius 2 is 2.28 bits per heavy atom. The van der Waals surface area contributed by atoms with Crippen LogP contribution < -0.4 is 0 Å². The van der Waals surface area contributed by atoms with Gasteiger partial charge in [-0.2, -0.15) is 0 Å². The third kappa shape index (κ3) is 2.33. The van der Waals surface area contributed by atoms with E-state index in [4.69, 9.17) is 0 Å². The zero-order valence-corrected chi connectivity index (χ0v) is 10.00. The first-order valence-electron chi connectivity index (χ1n) is 5.71. The number of nitro benzene ring substituents is 1. The minimum atomic E-state index is -0.556. The van der Waals surface area contributed by atoms with E-state index < -0.39 is 11.0 Å². The van der Waals surface area contributed by atoms with Gasteiger partial charge in [0, 0.05) is 19.2 Å². The molecule has 1 amide bonds. The summed E-state index contributed by atoms with van der Waals surface area (Å²) in [6, 6.07) is 4.47. The number of aliphatic hydroxyl groups is 1. The Hall–Kier alpha value is -1.95. The summed E-state index contributed by atoms with van der Waals surface area (Å²) in [6.45, 7) is 2.45. The molecule has 0 spiro atoms. The lowest BCUT2D eigenvalue weighted by Gasteiger charge is -2.15. The SMILES string of the molecule is Cc1ccc([N+](=O)[O-])c(C(=O)N2CC[C@H](O)C2)c1. The van der Waals surface area contributed by atoms with Gasteiger partial charge in [0.1, 0.15) is 5.56 Å². The number of aryl methyl sites for hydroxylation is 1.